The number of nitrogens with zero attached hydrogens (tertiary/aromatic N) is 5. The molecule has 4 aromatic rings. The SMILES string of the molecule is Cc1cc([C@@H](C)Oc2ccc(-c3cncc(Cl)c3)c3ncnc(N)c23)nc(C)n1. The van der Waals surface area contributed by atoms with Crippen LogP contribution in [0.4, 0.5) is 5.82 Å². The molecule has 8 heteroatoms. The Morgan fingerprint density at radius 3 is 2.66 bits per heavy atom. The van der Waals surface area contributed by atoms with Crippen LogP contribution in [0.25, 0.3) is 22.0 Å². The molecule has 0 amide bonds. The Hall–Kier alpha value is -3.32. The van der Waals surface area contributed by atoms with Gasteiger partial charge in [0.2, 0.25) is 0 Å². The lowest BCUT2D eigenvalue weighted by molar-refractivity contribution is 0.224. The van der Waals surface area contributed by atoms with Gasteiger partial charge in [0.05, 0.1) is 21.6 Å². The Morgan fingerprint density at radius 2 is 1.90 bits per heavy atom. The summed E-state index contributed by atoms with van der Waals surface area (Å²) in [5.41, 5.74) is 10.2. The average molecular weight is 407 g/mol. The molecule has 0 fully saturated rings. The van der Waals surface area contributed by atoms with E-state index in [0.29, 0.717) is 33.3 Å². The summed E-state index contributed by atoms with van der Waals surface area (Å²) in [5, 5.41) is 1.18. The lowest BCUT2D eigenvalue weighted by atomic mass is 10.0. The summed E-state index contributed by atoms with van der Waals surface area (Å²) in [6, 6.07) is 7.51. The second-order valence-electron chi connectivity index (χ2n) is 6.73. The van der Waals surface area contributed by atoms with Crippen molar-refractivity contribution in [3.8, 4) is 16.9 Å². The lowest BCUT2D eigenvalue weighted by Crippen LogP contribution is -2.09. The van der Waals surface area contributed by atoms with Crippen molar-refractivity contribution in [3.63, 3.8) is 0 Å². The summed E-state index contributed by atoms with van der Waals surface area (Å²) in [7, 11) is 0. The fourth-order valence-electron chi connectivity index (χ4n) is 3.26. The highest BCUT2D eigenvalue weighted by molar-refractivity contribution is 6.30. The van der Waals surface area contributed by atoms with Gasteiger partial charge in [0.15, 0.2) is 0 Å². The molecule has 0 saturated carbocycles. The van der Waals surface area contributed by atoms with Crippen LogP contribution in [0.5, 0.6) is 5.75 Å². The molecule has 0 aliphatic heterocycles. The molecule has 4 rings (SSSR count). The highest BCUT2D eigenvalue weighted by atomic mass is 35.5. The van der Waals surface area contributed by atoms with Gasteiger partial charge in [-0.05, 0) is 45.0 Å². The predicted octanol–water partition coefficient (Wildman–Crippen LogP) is 4.47. The number of hydrogen-bond acceptors (Lipinski definition) is 7. The number of fused-ring (bicyclic) bond motifs is 1. The average Bonchev–Trinajstić information content (AvgIpc) is 2.67. The van der Waals surface area contributed by atoms with Crippen molar-refractivity contribution in [1.29, 1.82) is 0 Å². The molecule has 146 valence electrons. The Labute approximate surface area is 173 Å². The number of benzene rings is 1. The molecule has 1 aromatic carbocycles. The smallest absolute Gasteiger partial charge is 0.138 e. The van der Waals surface area contributed by atoms with Crippen molar-refractivity contribution in [3.05, 3.63) is 65.2 Å². The van der Waals surface area contributed by atoms with Crippen molar-refractivity contribution < 1.29 is 4.74 Å². The van der Waals surface area contributed by atoms with Gasteiger partial charge in [-0.3, -0.25) is 4.98 Å². The fourth-order valence-corrected chi connectivity index (χ4v) is 3.44. The maximum Gasteiger partial charge on any atom is 0.138 e. The van der Waals surface area contributed by atoms with Crippen LogP contribution in [0.2, 0.25) is 5.02 Å². The molecule has 3 aromatic heterocycles. The minimum Gasteiger partial charge on any atom is -0.484 e. The minimum atomic E-state index is -0.308. The van der Waals surface area contributed by atoms with E-state index in [1.165, 1.54) is 6.33 Å². The zero-order valence-corrected chi connectivity index (χ0v) is 17.0. The second-order valence-corrected chi connectivity index (χ2v) is 7.16. The van der Waals surface area contributed by atoms with E-state index in [0.717, 1.165) is 22.5 Å². The minimum absolute atomic E-state index is 0.308. The maximum atomic E-state index is 6.23. The number of nitrogens with two attached hydrogens (primary N) is 1. The lowest BCUT2D eigenvalue weighted by Gasteiger charge is -2.18. The number of aromatic nitrogens is 5. The number of ether oxygens (including phenoxy) is 1. The van der Waals surface area contributed by atoms with Gasteiger partial charge in [0.1, 0.15) is 29.8 Å². The Bertz CT molecular complexity index is 1190. The summed E-state index contributed by atoms with van der Waals surface area (Å²) < 4.78 is 6.23. The van der Waals surface area contributed by atoms with E-state index in [-0.39, 0.29) is 6.10 Å². The molecule has 1 atom stereocenters. The van der Waals surface area contributed by atoms with E-state index in [4.69, 9.17) is 22.1 Å². The third-order valence-electron chi connectivity index (χ3n) is 4.50. The molecular weight excluding hydrogens is 388 g/mol. The van der Waals surface area contributed by atoms with Crippen LogP contribution >= 0.6 is 11.6 Å². The van der Waals surface area contributed by atoms with Gasteiger partial charge >= 0.3 is 0 Å². The van der Waals surface area contributed by atoms with Crippen LogP contribution in [0.3, 0.4) is 0 Å². The van der Waals surface area contributed by atoms with E-state index in [1.807, 2.05) is 45.0 Å². The maximum absolute atomic E-state index is 6.23. The fraction of sp³-hybridized carbons (Fsp3) is 0.190. The summed E-state index contributed by atoms with van der Waals surface area (Å²) in [6.07, 6.45) is 4.44. The molecule has 0 spiro atoms. The van der Waals surface area contributed by atoms with E-state index in [1.54, 1.807) is 12.4 Å². The number of hydrogen-bond donors (Lipinski definition) is 1. The van der Waals surface area contributed by atoms with Crippen LogP contribution < -0.4 is 10.5 Å². The Balaban J connectivity index is 1.81. The van der Waals surface area contributed by atoms with Crippen molar-refractivity contribution >= 4 is 28.3 Å². The van der Waals surface area contributed by atoms with E-state index in [9.17, 15) is 0 Å². The molecule has 0 saturated heterocycles. The monoisotopic (exact) mass is 406 g/mol. The van der Waals surface area contributed by atoms with E-state index < -0.39 is 0 Å². The molecule has 7 nitrogen and oxygen atoms in total. The van der Waals surface area contributed by atoms with Crippen molar-refractivity contribution in [1.82, 2.24) is 24.9 Å². The first kappa shape index (κ1) is 19.0. The molecular formula is C21H19ClN6O. The van der Waals surface area contributed by atoms with Gasteiger partial charge in [-0.15, -0.1) is 0 Å². The van der Waals surface area contributed by atoms with Crippen molar-refractivity contribution in [2.75, 3.05) is 5.73 Å². The topological polar surface area (TPSA) is 99.7 Å². The summed E-state index contributed by atoms with van der Waals surface area (Å²) >= 11 is 6.11. The summed E-state index contributed by atoms with van der Waals surface area (Å²) in [6.45, 7) is 5.72. The van der Waals surface area contributed by atoms with Gasteiger partial charge in [-0.25, -0.2) is 19.9 Å². The van der Waals surface area contributed by atoms with Gasteiger partial charge in [-0.1, -0.05) is 11.6 Å². The zero-order chi connectivity index (χ0) is 20.5. The van der Waals surface area contributed by atoms with Gasteiger partial charge < -0.3 is 10.5 Å². The first-order chi connectivity index (χ1) is 13.9. The highest BCUT2D eigenvalue weighted by Crippen LogP contribution is 2.37. The summed E-state index contributed by atoms with van der Waals surface area (Å²) in [5.74, 6) is 1.62. The molecule has 0 aliphatic rings. The molecule has 29 heavy (non-hydrogen) atoms. The number of pyridine rings is 1. The number of rotatable bonds is 4. The summed E-state index contributed by atoms with van der Waals surface area (Å²) in [4.78, 5) is 21.6. The van der Waals surface area contributed by atoms with E-state index >= 15 is 0 Å². The Kier molecular flexibility index (Phi) is 4.98. The normalized spacial score (nSPS) is 12.1. The first-order valence-corrected chi connectivity index (χ1v) is 9.43. The van der Waals surface area contributed by atoms with Gasteiger partial charge in [0, 0.05) is 29.2 Å². The second kappa shape index (κ2) is 7.60. The molecule has 0 bridgehead atoms. The highest BCUT2D eigenvalue weighted by Gasteiger charge is 2.17. The third kappa shape index (κ3) is 3.82. The number of aryl methyl sites for hydroxylation is 2. The van der Waals surface area contributed by atoms with E-state index in [2.05, 4.69) is 24.9 Å². The molecule has 3 heterocycles. The van der Waals surface area contributed by atoms with Gasteiger partial charge in [0.25, 0.3) is 0 Å². The van der Waals surface area contributed by atoms with Crippen LogP contribution in [0.15, 0.2) is 43.0 Å². The molecule has 0 unspecified atom stereocenters. The molecule has 0 aliphatic carbocycles. The molecule has 2 N–H and O–H groups in total. The van der Waals surface area contributed by atoms with Crippen molar-refractivity contribution in [2.45, 2.75) is 26.9 Å². The standard InChI is InChI=1S/C21H19ClN6O/c1-11-6-17(28-13(3)27-11)12(2)29-18-5-4-16(14-7-15(22)9-24-8-14)20-19(18)21(23)26-10-25-20/h4-10,12H,1-3H3,(H2,23,25,26)/t12-/m1/s1. The first-order valence-electron chi connectivity index (χ1n) is 9.05. The van der Waals surface area contributed by atoms with Crippen LogP contribution in [-0.2, 0) is 0 Å². The largest absolute Gasteiger partial charge is 0.484 e. The number of halogens is 1. The van der Waals surface area contributed by atoms with Gasteiger partial charge in [-0.2, -0.15) is 0 Å². The van der Waals surface area contributed by atoms with Crippen molar-refractivity contribution in [2.24, 2.45) is 0 Å². The zero-order valence-electron chi connectivity index (χ0n) is 16.2. The predicted molar refractivity (Wildman–Crippen MR) is 113 cm³/mol. The quantitative estimate of drug-likeness (QED) is 0.533. The molecule has 0 radical (unpaired) electrons. The number of nitrogen functional groups attached to an aromatic ring is 1. The Morgan fingerprint density at radius 1 is 1.07 bits per heavy atom. The van der Waals surface area contributed by atoms with Crippen LogP contribution in [0, 0.1) is 13.8 Å². The van der Waals surface area contributed by atoms with Crippen LogP contribution in [-0.4, -0.2) is 24.9 Å². The third-order valence-corrected chi connectivity index (χ3v) is 4.71. The number of anilines is 1. The van der Waals surface area contributed by atoms with Crippen LogP contribution in [0.1, 0.15) is 30.2 Å².